The lowest BCUT2D eigenvalue weighted by Gasteiger charge is -2.08. The molecule has 0 unspecified atom stereocenters. The number of thiazole rings is 1. The van der Waals surface area contributed by atoms with Crippen LogP contribution < -0.4 is 0 Å². The van der Waals surface area contributed by atoms with Gasteiger partial charge in [-0.2, -0.15) is 0 Å². The molecule has 0 amide bonds. The van der Waals surface area contributed by atoms with E-state index in [4.69, 9.17) is 0 Å². The Hall–Kier alpha value is -0.120. The summed E-state index contributed by atoms with van der Waals surface area (Å²) in [4.78, 5) is 7.44. The van der Waals surface area contributed by atoms with E-state index in [1.165, 1.54) is 25.9 Å². The van der Waals surface area contributed by atoms with Gasteiger partial charge in [-0.05, 0) is 25.9 Å². The van der Waals surface area contributed by atoms with Gasteiger partial charge in [0.25, 0.3) is 0 Å². The van der Waals surface area contributed by atoms with Crippen LogP contribution in [0, 0.1) is 11.8 Å². The zero-order valence-electron chi connectivity index (χ0n) is 7.90. The van der Waals surface area contributed by atoms with E-state index in [0.29, 0.717) is 0 Å². The van der Waals surface area contributed by atoms with Gasteiger partial charge in [-0.1, -0.05) is 11.8 Å². The Morgan fingerprint density at radius 2 is 2.21 bits per heavy atom. The monoisotopic (exact) mass is 320 g/mol. The molecule has 76 valence electrons. The molecule has 2 heterocycles. The molecular formula is C10H13IN2S. The Labute approximate surface area is 106 Å². The van der Waals surface area contributed by atoms with Gasteiger partial charge < -0.3 is 0 Å². The highest BCUT2D eigenvalue weighted by molar-refractivity contribution is 14.0. The lowest BCUT2D eigenvalue weighted by Crippen LogP contribution is -2.18. The van der Waals surface area contributed by atoms with Gasteiger partial charge in [0.2, 0.25) is 0 Å². The molecule has 0 bridgehead atoms. The van der Waals surface area contributed by atoms with Gasteiger partial charge in [-0.3, -0.25) is 9.88 Å². The summed E-state index contributed by atoms with van der Waals surface area (Å²) in [5, 5.41) is 0. The molecule has 1 aliphatic rings. The van der Waals surface area contributed by atoms with Crippen molar-refractivity contribution >= 4 is 35.3 Å². The fourth-order valence-corrected chi connectivity index (χ4v) is 1.94. The van der Waals surface area contributed by atoms with E-state index in [1.54, 1.807) is 11.3 Å². The molecule has 1 aromatic heterocycles. The van der Waals surface area contributed by atoms with Crippen molar-refractivity contribution < 1.29 is 0 Å². The molecule has 14 heavy (non-hydrogen) atoms. The van der Waals surface area contributed by atoms with Crippen LogP contribution >= 0.6 is 35.3 Å². The topological polar surface area (TPSA) is 16.1 Å². The van der Waals surface area contributed by atoms with Crippen LogP contribution in [0.3, 0.4) is 0 Å². The van der Waals surface area contributed by atoms with Crippen LogP contribution in [-0.4, -0.2) is 29.5 Å². The zero-order chi connectivity index (χ0) is 8.93. The lowest BCUT2D eigenvalue weighted by atomic mass is 10.4. The van der Waals surface area contributed by atoms with Crippen molar-refractivity contribution in [3.8, 4) is 11.8 Å². The second-order valence-electron chi connectivity index (χ2n) is 3.15. The number of hydrogen-bond donors (Lipinski definition) is 0. The lowest BCUT2D eigenvalue weighted by molar-refractivity contribution is 0.383. The summed E-state index contributed by atoms with van der Waals surface area (Å²) < 4.78 is 0. The van der Waals surface area contributed by atoms with E-state index in [0.717, 1.165) is 11.4 Å². The number of aromatic nitrogens is 1. The first-order valence-electron chi connectivity index (χ1n) is 4.55. The Bertz CT molecular complexity index is 307. The average Bonchev–Trinajstić information content (AvgIpc) is 2.75. The van der Waals surface area contributed by atoms with E-state index in [9.17, 15) is 0 Å². The predicted molar refractivity (Wildman–Crippen MR) is 70.1 cm³/mol. The third-order valence-corrected chi connectivity index (χ3v) is 2.83. The van der Waals surface area contributed by atoms with Crippen LogP contribution in [0.1, 0.15) is 17.7 Å². The predicted octanol–water partition coefficient (Wildman–Crippen LogP) is 2.21. The number of hydrogen-bond acceptors (Lipinski definition) is 3. The van der Waals surface area contributed by atoms with E-state index >= 15 is 0 Å². The molecule has 1 aliphatic heterocycles. The van der Waals surface area contributed by atoms with Crippen molar-refractivity contribution in [2.75, 3.05) is 19.6 Å². The van der Waals surface area contributed by atoms with Crippen molar-refractivity contribution in [2.24, 2.45) is 0 Å². The number of nitrogens with zero attached hydrogens (tertiary/aromatic N) is 2. The van der Waals surface area contributed by atoms with Crippen molar-refractivity contribution in [2.45, 2.75) is 12.8 Å². The number of halogens is 1. The maximum absolute atomic E-state index is 3.98. The van der Waals surface area contributed by atoms with Gasteiger partial charge in [0.05, 0.1) is 23.1 Å². The maximum Gasteiger partial charge on any atom is 0.0967 e. The Morgan fingerprint density at radius 3 is 2.86 bits per heavy atom. The van der Waals surface area contributed by atoms with Gasteiger partial charge in [-0.25, -0.2) is 0 Å². The van der Waals surface area contributed by atoms with Crippen LogP contribution in [0.4, 0.5) is 0 Å². The summed E-state index contributed by atoms with van der Waals surface area (Å²) in [6, 6.07) is 0. The van der Waals surface area contributed by atoms with E-state index in [-0.39, 0.29) is 24.0 Å². The van der Waals surface area contributed by atoms with E-state index < -0.39 is 0 Å². The van der Waals surface area contributed by atoms with Gasteiger partial charge in [0.1, 0.15) is 0 Å². The number of rotatable bonds is 1. The summed E-state index contributed by atoms with van der Waals surface area (Å²) in [6.07, 6.45) is 4.49. The van der Waals surface area contributed by atoms with Crippen LogP contribution in [0.15, 0.2) is 11.7 Å². The van der Waals surface area contributed by atoms with Gasteiger partial charge in [0, 0.05) is 0 Å². The molecule has 0 spiro atoms. The molecular weight excluding hydrogens is 307 g/mol. The first-order valence-corrected chi connectivity index (χ1v) is 5.43. The number of likely N-dealkylation sites (tertiary alicyclic amines) is 1. The quantitative estimate of drug-likeness (QED) is 0.583. The molecule has 1 aromatic rings. The molecule has 0 N–H and O–H groups in total. The fourth-order valence-electron chi connectivity index (χ4n) is 1.46. The summed E-state index contributed by atoms with van der Waals surface area (Å²) in [6.45, 7) is 3.35. The SMILES string of the molecule is C(#Cc1cncs1)CN1CCCC1.I. The molecule has 0 radical (unpaired) electrons. The molecule has 0 saturated carbocycles. The van der Waals surface area contributed by atoms with E-state index in [2.05, 4.69) is 21.7 Å². The third kappa shape index (κ3) is 3.56. The molecule has 0 atom stereocenters. The Kier molecular flexibility index (Phi) is 5.45. The molecule has 2 nitrogen and oxygen atoms in total. The van der Waals surface area contributed by atoms with Crippen LogP contribution in [0.2, 0.25) is 0 Å². The average molecular weight is 320 g/mol. The molecule has 2 rings (SSSR count). The molecule has 1 fully saturated rings. The summed E-state index contributed by atoms with van der Waals surface area (Å²) in [5.41, 5.74) is 1.82. The molecule has 0 aliphatic carbocycles. The normalized spacial score (nSPS) is 15.7. The summed E-state index contributed by atoms with van der Waals surface area (Å²) in [5.74, 6) is 6.29. The molecule has 4 heteroatoms. The zero-order valence-corrected chi connectivity index (χ0v) is 11.0. The molecule has 1 saturated heterocycles. The minimum absolute atomic E-state index is 0. The largest absolute Gasteiger partial charge is 0.292 e. The highest BCUT2D eigenvalue weighted by Crippen LogP contribution is 2.06. The van der Waals surface area contributed by atoms with Crippen molar-refractivity contribution in [3.63, 3.8) is 0 Å². The first kappa shape index (κ1) is 12.0. The van der Waals surface area contributed by atoms with Gasteiger partial charge in [0.15, 0.2) is 0 Å². The Balaban J connectivity index is 0.000000980. The van der Waals surface area contributed by atoms with Crippen molar-refractivity contribution in [3.05, 3.63) is 16.6 Å². The first-order chi connectivity index (χ1) is 6.45. The van der Waals surface area contributed by atoms with Crippen LogP contribution in [0.25, 0.3) is 0 Å². The highest BCUT2D eigenvalue weighted by atomic mass is 127. The van der Waals surface area contributed by atoms with Crippen molar-refractivity contribution in [1.29, 1.82) is 0 Å². The van der Waals surface area contributed by atoms with Gasteiger partial charge in [-0.15, -0.1) is 35.3 Å². The summed E-state index contributed by atoms with van der Waals surface area (Å²) in [7, 11) is 0. The third-order valence-electron chi connectivity index (χ3n) is 2.15. The fraction of sp³-hybridized carbons (Fsp3) is 0.500. The minimum Gasteiger partial charge on any atom is -0.292 e. The highest BCUT2D eigenvalue weighted by Gasteiger charge is 2.08. The van der Waals surface area contributed by atoms with E-state index in [1.807, 2.05) is 11.7 Å². The van der Waals surface area contributed by atoms with Crippen molar-refractivity contribution in [1.82, 2.24) is 9.88 Å². The minimum atomic E-state index is 0. The molecule has 0 aromatic carbocycles. The Morgan fingerprint density at radius 1 is 1.43 bits per heavy atom. The standard InChI is InChI=1S/C10H12N2S.HI/c1-2-6-12(5-1)7-3-4-10-8-11-9-13-10;/h8-9H,1-2,5-7H2;1H. The van der Waals surface area contributed by atoms with Crippen LogP contribution in [0.5, 0.6) is 0 Å². The summed E-state index contributed by atoms with van der Waals surface area (Å²) >= 11 is 1.60. The second kappa shape index (κ2) is 6.38. The smallest absolute Gasteiger partial charge is 0.0967 e. The maximum atomic E-state index is 3.98. The second-order valence-corrected chi connectivity index (χ2v) is 4.04. The van der Waals surface area contributed by atoms with Gasteiger partial charge >= 0.3 is 0 Å². The van der Waals surface area contributed by atoms with Crippen LogP contribution in [-0.2, 0) is 0 Å².